The molecule has 0 bridgehead atoms. The van der Waals surface area contributed by atoms with Crippen LogP contribution in [-0.2, 0) is 9.53 Å². The van der Waals surface area contributed by atoms with Crippen molar-refractivity contribution < 1.29 is 18.7 Å². The van der Waals surface area contributed by atoms with Crippen molar-refractivity contribution in [1.82, 2.24) is 4.90 Å². The molecule has 0 radical (unpaired) electrons. The van der Waals surface area contributed by atoms with E-state index in [9.17, 15) is 14.0 Å². The average molecular weight is 293 g/mol. The number of amides is 1. The van der Waals surface area contributed by atoms with Gasteiger partial charge in [-0.25, -0.2) is 9.18 Å². The second kappa shape index (κ2) is 6.70. The fourth-order valence-electron chi connectivity index (χ4n) is 2.78. The van der Waals surface area contributed by atoms with Gasteiger partial charge in [0.2, 0.25) is 0 Å². The van der Waals surface area contributed by atoms with Crippen molar-refractivity contribution in [3.05, 3.63) is 35.6 Å². The predicted molar refractivity (Wildman–Crippen MR) is 76.3 cm³/mol. The Morgan fingerprint density at radius 2 is 1.76 bits per heavy atom. The number of carbonyl (C=O) groups is 2. The smallest absolute Gasteiger partial charge is 0.338 e. The number of halogens is 1. The molecule has 1 aliphatic rings. The van der Waals surface area contributed by atoms with Gasteiger partial charge in [0.15, 0.2) is 6.61 Å². The van der Waals surface area contributed by atoms with Crippen LogP contribution in [-0.4, -0.2) is 35.5 Å². The number of hydrogen-bond donors (Lipinski definition) is 0. The van der Waals surface area contributed by atoms with E-state index in [2.05, 4.69) is 0 Å². The molecule has 1 aromatic carbocycles. The Bertz CT molecular complexity index is 505. The Labute approximate surface area is 123 Å². The Morgan fingerprint density at radius 3 is 2.33 bits per heavy atom. The minimum absolute atomic E-state index is 0.172. The van der Waals surface area contributed by atoms with Crippen molar-refractivity contribution in [2.24, 2.45) is 0 Å². The summed E-state index contributed by atoms with van der Waals surface area (Å²) in [5.41, 5.74) is 0.240. The normalized spacial score (nSPS) is 22.0. The molecule has 1 fully saturated rings. The van der Waals surface area contributed by atoms with Crippen LogP contribution in [0.5, 0.6) is 0 Å². The van der Waals surface area contributed by atoms with E-state index in [0.717, 1.165) is 19.3 Å². The summed E-state index contributed by atoms with van der Waals surface area (Å²) in [5, 5.41) is 0. The Morgan fingerprint density at radius 1 is 1.19 bits per heavy atom. The van der Waals surface area contributed by atoms with Crippen LogP contribution >= 0.6 is 0 Å². The van der Waals surface area contributed by atoms with Gasteiger partial charge in [-0.3, -0.25) is 4.79 Å². The third-order valence-corrected chi connectivity index (χ3v) is 3.89. The van der Waals surface area contributed by atoms with Gasteiger partial charge in [0.25, 0.3) is 5.91 Å². The minimum atomic E-state index is -0.610. The van der Waals surface area contributed by atoms with Crippen LogP contribution in [0, 0.1) is 5.82 Å². The summed E-state index contributed by atoms with van der Waals surface area (Å²) in [4.78, 5) is 25.8. The third kappa shape index (κ3) is 3.80. The number of esters is 1. The first kappa shape index (κ1) is 15.5. The lowest BCUT2D eigenvalue weighted by atomic mass is 9.97. The first-order valence-electron chi connectivity index (χ1n) is 7.23. The van der Waals surface area contributed by atoms with Gasteiger partial charge >= 0.3 is 5.97 Å². The van der Waals surface area contributed by atoms with Crippen LogP contribution in [0.1, 0.15) is 43.5 Å². The molecule has 1 heterocycles. The molecular weight excluding hydrogens is 273 g/mol. The quantitative estimate of drug-likeness (QED) is 0.805. The van der Waals surface area contributed by atoms with E-state index in [1.165, 1.54) is 24.3 Å². The van der Waals surface area contributed by atoms with E-state index in [1.807, 2.05) is 13.8 Å². The van der Waals surface area contributed by atoms with Crippen molar-refractivity contribution in [3.63, 3.8) is 0 Å². The van der Waals surface area contributed by atoms with Crippen molar-refractivity contribution in [3.8, 4) is 0 Å². The molecule has 2 rings (SSSR count). The summed E-state index contributed by atoms with van der Waals surface area (Å²) in [6.45, 7) is 3.75. The highest BCUT2D eigenvalue weighted by Gasteiger charge is 2.29. The fourth-order valence-corrected chi connectivity index (χ4v) is 2.78. The predicted octanol–water partition coefficient (Wildman–Crippen LogP) is 2.77. The average Bonchev–Trinajstić information content (AvgIpc) is 2.45. The number of piperidine rings is 1. The van der Waals surface area contributed by atoms with Crippen molar-refractivity contribution in [2.75, 3.05) is 6.61 Å². The molecule has 114 valence electrons. The summed E-state index contributed by atoms with van der Waals surface area (Å²) in [7, 11) is 0. The van der Waals surface area contributed by atoms with E-state index in [0.29, 0.717) is 0 Å². The van der Waals surface area contributed by atoms with Crippen LogP contribution in [0.25, 0.3) is 0 Å². The molecule has 2 atom stereocenters. The second-order valence-electron chi connectivity index (χ2n) is 5.51. The Kier molecular flexibility index (Phi) is 4.94. The maximum atomic E-state index is 12.8. The maximum Gasteiger partial charge on any atom is 0.338 e. The van der Waals surface area contributed by atoms with Crippen LogP contribution in [0.4, 0.5) is 4.39 Å². The van der Waals surface area contributed by atoms with E-state index < -0.39 is 11.8 Å². The summed E-state index contributed by atoms with van der Waals surface area (Å²) in [5.74, 6) is -1.20. The van der Waals surface area contributed by atoms with Gasteiger partial charge in [-0.2, -0.15) is 0 Å². The van der Waals surface area contributed by atoms with Crippen LogP contribution < -0.4 is 0 Å². The molecule has 0 spiro atoms. The molecule has 1 saturated heterocycles. The maximum absolute atomic E-state index is 12.8. The molecule has 0 saturated carbocycles. The van der Waals surface area contributed by atoms with Crippen molar-refractivity contribution in [2.45, 2.75) is 45.2 Å². The molecule has 0 aromatic heterocycles. The van der Waals surface area contributed by atoms with Gasteiger partial charge in [0.1, 0.15) is 5.82 Å². The zero-order valence-corrected chi connectivity index (χ0v) is 12.3. The first-order chi connectivity index (χ1) is 9.99. The molecule has 5 heteroatoms. The second-order valence-corrected chi connectivity index (χ2v) is 5.51. The van der Waals surface area contributed by atoms with Gasteiger partial charge in [0, 0.05) is 12.1 Å². The zero-order valence-electron chi connectivity index (χ0n) is 12.3. The molecule has 0 N–H and O–H groups in total. The number of nitrogens with zero attached hydrogens (tertiary/aromatic N) is 1. The number of hydrogen-bond acceptors (Lipinski definition) is 3. The van der Waals surface area contributed by atoms with E-state index >= 15 is 0 Å². The molecular formula is C16H20FNO3. The lowest BCUT2D eigenvalue weighted by Gasteiger charge is -2.38. The lowest BCUT2D eigenvalue weighted by Crippen LogP contribution is -2.49. The van der Waals surface area contributed by atoms with E-state index in [1.54, 1.807) is 4.90 Å². The number of benzene rings is 1. The highest BCUT2D eigenvalue weighted by atomic mass is 19.1. The Balaban J connectivity index is 1.91. The monoisotopic (exact) mass is 293 g/mol. The van der Waals surface area contributed by atoms with Gasteiger partial charge in [0.05, 0.1) is 5.56 Å². The molecule has 2 unspecified atom stereocenters. The van der Waals surface area contributed by atoms with Crippen molar-refractivity contribution in [1.29, 1.82) is 0 Å². The van der Waals surface area contributed by atoms with Gasteiger partial charge in [-0.05, 0) is 57.4 Å². The highest BCUT2D eigenvalue weighted by molar-refractivity contribution is 5.91. The highest BCUT2D eigenvalue weighted by Crippen LogP contribution is 2.22. The molecule has 4 nitrogen and oxygen atoms in total. The summed E-state index contributed by atoms with van der Waals surface area (Å²) < 4.78 is 17.8. The van der Waals surface area contributed by atoms with E-state index in [-0.39, 0.29) is 30.2 Å². The minimum Gasteiger partial charge on any atom is -0.452 e. The number of carbonyl (C=O) groups excluding carboxylic acids is 2. The van der Waals surface area contributed by atoms with Gasteiger partial charge < -0.3 is 9.64 Å². The van der Waals surface area contributed by atoms with Crippen molar-refractivity contribution >= 4 is 11.9 Å². The molecule has 0 aliphatic carbocycles. The Hall–Kier alpha value is -1.91. The molecule has 21 heavy (non-hydrogen) atoms. The van der Waals surface area contributed by atoms with Crippen LogP contribution in [0.15, 0.2) is 24.3 Å². The molecule has 1 aromatic rings. The summed E-state index contributed by atoms with van der Waals surface area (Å²) in [6.07, 6.45) is 3.06. The van der Waals surface area contributed by atoms with E-state index in [4.69, 9.17) is 4.74 Å². The largest absolute Gasteiger partial charge is 0.452 e. The number of likely N-dealkylation sites (tertiary alicyclic amines) is 1. The molecule has 1 amide bonds. The standard InChI is InChI=1S/C16H20FNO3/c1-11-4-3-5-12(2)18(11)15(19)10-21-16(20)13-6-8-14(17)9-7-13/h6-9,11-12H,3-5,10H2,1-2H3. The fraction of sp³-hybridized carbons (Fsp3) is 0.500. The summed E-state index contributed by atoms with van der Waals surface area (Å²) in [6, 6.07) is 5.40. The first-order valence-corrected chi connectivity index (χ1v) is 7.23. The third-order valence-electron chi connectivity index (χ3n) is 3.89. The lowest BCUT2D eigenvalue weighted by molar-refractivity contribution is -0.140. The SMILES string of the molecule is CC1CCCC(C)N1C(=O)COC(=O)c1ccc(F)cc1. The number of ether oxygens (including phenoxy) is 1. The van der Waals surface area contributed by atoms with Gasteiger partial charge in [-0.15, -0.1) is 0 Å². The zero-order chi connectivity index (χ0) is 15.4. The van der Waals surface area contributed by atoms with Crippen LogP contribution in [0.3, 0.4) is 0 Å². The topological polar surface area (TPSA) is 46.6 Å². The van der Waals surface area contributed by atoms with Gasteiger partial charge in [-0.1, -0.05) is 0 Å². The number of rotatable bonds is 3. The van der Waals surface area contributed by atoms with Crippen LogP contribution in [0.2, 0.25) is 0 Å². The summed E-state index contributed by atoms with van der Waals surface area (Å²) >= 11 is 0. The molecule has 1 aliphatic heterocycles.